The van der Waals surface area contributed by atoms with Crippen LogP contribution >= 0.6 is 11.3 Å². The Kier molecular flexibility index (Phi) is 5.07. The Morgan fingerprint density at radius 1 is 1.09 bits per heavy atom. The first kappa shape index (κ1) is 20.1. The third-order valence-electron chi connectivity index (χ3n) is 5.44. The van der Waals surface area contributed by atoms with Gasteiger partial charge in [-0.05, 0) is 29.6 Å². The summed E-state index contributed by atoms with van der Waals surface area (Å²) in [6.07, 6.45) is 0. The number of ether oxygens (including phenoxy) is 3. The molecule has 1 amide bonds. The van der Waals surface area contributed by atoms with Crippen LogP contribution in [-0.2, 0) is 4.79 Å². The molecule has 0 spiro atoms. The summed E-state index contributed by atoms with van der Waals surface area (Å²) < 4.78 is 16.8. The van der Waals surface area contributed by atoms with Gasteiger partial charge in [0.1, 0.15) is 19.0 Å². The molecule has 162 valence electrons. The predicted molar refractivity (Wildman–Crippen MR) is 119 cm³/mol. The van der Waals surface area contributed by atoms with Crippen molar-refractivity contribution in [3.8, 4) is 17.2 Å². The number of aliphatic hydroxyl groups excluding tert-OH is 1. The Balaban J connectivity index is 1.68. The molecule has 1 unspecified atom stereocenters. The number of para-hydroxylation sites is 1. The molecule has 2 aliphatic rings. The van der Waals surface area contributed by atoms with E-state index in [1.165, 1.54) is 23.3 Å². The fourth-order valence-electron chi connectivity index (χ4n) is 4.01. The molecule has 0 fully saturated rings. The second-order valence-corrected chi connectivity index (χ2v) is 8.16. The zero-order chi connectivity index (χ0) is 22.2. The van der Waals surface area contributed by atoms with E-state index < -0.39 is 23.5 Å². The highest BCUT2D eigenvalue weighted by molar-refractivity contribution is 7.12. The fraction of sp³-hybridized carbons (Fsp3) is 0.167. The lowest BCUT2D eigenvalue weighted by Crippen LogP contribution is -2.31. The van der Waals surface area contributed by atoms with E-state index in [-0.39, 0.29) is 5.57 Å². The van der Waals surface area contributed by atoms with Crippen molar-refractivity contribution in [3.63, 3.8) is 0 Å². The highest BCUT2D eigenvalue weighted by Gasteiger charge is 2.46. The highest BCUT2D eigenvalue weighted by Crippen LogP contribution is 2.46. The largest absolute Gasteiger partial charge is 0.503 e. The summed E-state index contributed by atoms with van der Waals surface area (Å²) in [7, 11) is 1.52. The minimum absolute atomic E-state index is 0.0110. The van der Waals surface area contributed by atoms with Crippen LogP contribution in [0.1, 0.15) is 21.3 Å². The number of Topliss-reactive ketones (excluding diaryl/α,β-unsaturated/α-hetero) is 1. The van der Waals surface area contributed by atoms with Gasteiger partial charge in [0, 0.05) is 17.3 Å². The average Bonchev–Trinajstić information content (AvgIpc) is 3.46. The number of benzene rings is 2. The average molecular weight is 449 g/mol. The number of hydrogen-bond donors (Lipinski definition) is 1. The van der Waals surface area contributed by atoms with Gasteiger partial charge in [-0.25, -0.2) is 0 Å². The van der Waals surface area contributed by atoms with Gasteiger partial charge in [-0.1, -0.05) is 24.3 Å². The summed E-state index contributed by atoms with van der Waals surface area (Å²) in [5, 5.41) is 12.6. The third kappa shape index (κ3) is 3.20. The molecule has 0 bridgehead atoms. The molecule has 3 heterocycles. The lowest BCUT2D eigenvalue weighted by Gasteiger charge is -2.29. The van der Waals surface area contributed by atoms with E-state index in [0.717, 1.165) is 0 Å². The number of fused-ring (bicyclic) bond motifs is 1. The quantitative estimate of drug-likeness (QED) is 0.585. The van der Waals surface area contributed by atoms with Gasteiger partial charge in [0.05, 0.1) is 23.6 Å². The number of hydrogen-bond acceptors (Lipinski definition) is 7. The van der Waals surface area contributed by atoms with Crippen LogP contribution < -0.4 is 19.1 Å². The van der Waals surface area contributed by atoms with Gasteiger partial charge in [0.15, 0.2) is 17.3 Å². The molecular formula is C24H19NO6S. The molecular weight excluding hydrogens is 430 g/mol. The van der Waals surface area contributed by atoms with Gasteiger partial charge < -0.3 is 19.3 Å². The number of thiophene rings is 1. The SMILES string of the molecule is COc1ccccc1C1C(C(=O)c2cccs2)=C(O)C(=O)N1c1ccc2c(c1)OCCO2. The second kappa shape index (κ2) is 8.05. The monoisotopic (exact) mass is 449 g/mol. The first-order valence-electron chi connectivity index (χ1n) is 9.97. The summed E-state index contributed by atoms with van der Waals surface area (Å²) in [5.41, 5.74) is 1.06. The summed E-state index contributed by atoms with van der Waals surface area (Å²) in [6.45, 7) is 0.840. The number of methoxy groups -OCH3 is 1. The number of aliphatic hydroxyl groups is 1. The molecule has 5 rings (SSSR count). The lowest BCUT2D eigenvalue weighted by atomic mass is 9.94. The maximum absolute atomic E-state index is 13.4. The van der Waals surface area contributed by atoms with Crippen molar-refractivity contribution in [2.45, 2.75) is 6.04 Å². The summed E-state index contributed by atoms with van der Waals surface area (Å²) in [4.78, 5) is 28.5. The standard InChI is InChI=1S/C24H19NO6S/c1-29-16-6-3-2-5-15(16)21-20(22(26)19-7-4-12-32-19)23(27)24(28)25(21)14-8-9-17-18(13-14)31-11-10-30-17/h2-9,12-13,21,27H,10-11H2,1H3. The maximum Gasteiger partial charge on any atom is 0.294 e. The van der Waals surface area contributed by atoms with Gasteiger partial charge >= 0.3 is 0 Å². The van der Waals surface area contributed by atoms with Gasteiger partial charge in [0.25, 0.3) is 5.91 Å². The van der Waals surface area contributed by atoms with Crippen LogP contribution in [0, 0.1) is 0 Å². The van der Waals surface area contributed by atoms with Gasteiger partial charge in [-0.2, -0.15) is 0 Å². The van der Waals surface area contributed by atoms with Crippen LogP contribution in [0.15, 0.2) is 71.3 Å². The highest BCUT2D eigenvalue weighted by atomic mass is 32.1. The molecule has 2 aliphatic heterocycles. The molecule has 1 aromatic heterocycles. The number of carbonyl (C=O) groups excluding carboxylic acids is 2. The van der Waals surface area contributed by atoms with Crippen LogP contribution in [-0.4, -0.2) is 37.1 Å². The molecule has 1 N–H and O–H groups in total. The molecule has 7 nitrogen and oxygen atoms in total. The Labute approximate surface area is 188 Å². The van der Waals surface area contributed by atoms with Crippen molar-refractivity contribution in [2.75, 3.05) is 25.2 Å². The smallest absolute Gasteiger partial charge is 0.294 e. The number of anilines is 1. The van der Waals surface area contributed by atoms with E-state index in [9.17, 15) is 14.7 Å². The Hall–Kier alpha value is -3.78. The summed E-state index contributed by atoms with van der Waals surface area (Å²) in [5.74, 6) is -0.0714. The van der Waals surface area contributed by atoms with E-state index in [4.69, 9.17) is 14.2 Å². The van der Waals surface area contributed by atoms with Crippen molar-refractivity contribution < 1.29 is 28.9 Å². The molecule has 2 aromatic carbocycles. The normalized spacial score (nSPS) is 17.6. The van der Waals surface area contributed by atoms with Crippen molar-refractivity contribution in [3.05, 3.63) is 81.8 Å². The molecule has 0 saturated heterocycles. The predicted octanol–water partition coefficient (Wildman–Crippen LogP) is 4.31. The van der Waals surface area contributed by atoms with Crippen molar-refractivity contribution in [2.24, 2.45) is 0 Å². The third-order valence-corrected chi connectivity index (χ3v) is 6.30. The molecule has 0 aliphatic carbocycles. The van der Waals surface area contributed by atoms with Crippen LogP contribution in [0.25, 0.3) is 0 Å². The molecule has 3 aromatic rings. The number of carbonyl (C=O) groups is 2. The Morgan fingerprint density at radius 2 is 1.88 bits per heavy atom. The first-order chi connectivity index (χ1) is 15.6. The second-order valence-electron chi connectivity index (χ2n) is 7.22. The number of ketones is 1. The molecule has 0 saturated carbocycles. The molecule has 8 heteroatoms. The first-order valence-corrected chi connectivity index (χ1v) is 10.9. The zero-order valence-electron chi connectivity index (χ0n) is 17.1. The van der Waals surface area contributed by atoms with Crippen molar-refractivity contribution in [1.29, 1.82) is 0 Å². The van der Waals surface area contributed by atoms with E-state index in [2.05, 4.69) is 0 Å². The lowest BCUT2D eigenvalue weighted by molar-refractivity contribution is -0.117. The van der Waals surface area contributed by atoms with Crippen LogP contribution in [0.4, 0.5) is 5.69 Å². The molecule has 0 radical (unpaired) electrons. The topological polar surface area (TPSA) is 85.3 Å². The summed E-state index contributed by atoms with van der Waals surface area (Å²) in [6, 6.07) is 14.8. The Morgan fingerprint density at radius 3 is 2.62 bits per heavy atom. The zero-order valence-corrected chi connectivity index (χ0v) is 17.9. The van der Waals surface area contributed by atoms with Crippen LogP contribution in [0.5, 0.6) is 17.2 Å². The van der Waals surface area contributed by atoms with E-state index in [1.54, 1.807) is 60.0 Å². The summed E-state index contributed by atoms with van der Waals surface area (Å²) >= 11 is 1.25. The fourth-order valence-corrected chi connectivity index (χ4v) is 4.69. The van der Waals surface area contributed by atoms with Gasteiger partial charge in [0.2, 0.25) is 5.78 Å². The van der Waals surface area contributed by atoms with E-state index in [1.807, 2.05) is 0 Å². The van der Waals surface area contributed by atoms with Gasteiger partial charge in [-0.3, -0.25) is 14.5 Å². The maximum atomic E-state index is 13.4. The van der Waals surface area contributed by atoms with Crippen molar-refractivity contribution >= 4 is 28.7 Å². The minimum atomic E-state index is -0.879. The minimum Gasteiger partial charge on any atom is -0.503 e. The molecule has 1 atom stereocenters. The van der Waals surface area contributed by atoms with Crippen molar-refractivity contribution in [1.82, 2.24) is 0 Å². The van der Waals surface area contributed by atoms with E-state index in [0.29, 0.717) is 46.6 Å². The molecule has 32 heavy (non-hydrogen) atoms. The number of nitrogens with zero attached hydrogens (tertiary/aromatic N) is 1. The number of rotatable bonds is 5. The van der Waals surface area contributed by atoms with Crippen LogP contribution in [0.3, 0.4) is 0 Å². The Bertz CT molecular complexity index is 1230. The van der Waals surface area contributed by atoms with E-state index >= 15 is 0 Å². The van der Waals surface area contributed by atoms with Crippen LogP contribution in [0.2, 0.25) is 0 Å². The van der Waals surface area contributed by atoms with Gasteiger partial charge in [-0.15, -0.1) is 11.3 Å². The number of amides is 1.